The molecule has 2 rings (SSSR count). The van der Waals surface area contributed by atoms with E-state index in [9.17, 15) is 14.4 Å². The lowest BCUT2D eigenvalue weighted by atomic mass is 10.2. The molecule has 160 valence electrons. The molecule has 0 saturated carbocycles. The van der Waals surface area contributed by atoms with E-state index in [0.717, 1.165) is 5.56 Å². The van der Waals surface area contributed by atoms with Crippen molar-refractivity contribution in [3.63, 3.8) is 0 Å². The van der Waals surface area contributed by atoms with Gasteiger partial charge < -0.3 is 25.8 Å². The summed E-state index contributed by atoms with van der Waals surface area (Å²) >= 11 is 17.4. The number of hydrogen-bond donors (Lipinski definition) is 3. The molecule has 1 aromatic heterocycles. The van der Waals surface area contributed by atoms with Gasteiger partial charge in [-0.2, -0.15) is 0 Å². The van der Waals surface area contributed by atoms with Gasteiger partial charge in [-0.1, -0.05) is 40.9 Å². The number of carbonyl (C=O) groups is 3. The van der Waals surface area contributed by atoms with Crippen LogP contribution in [-0.4, -0.2) is 43.0 Å². The van der Waals surface area contributed by atoms with E-state index < -0.39 is 24.4 Å². The van der Waals surface area contributed by atoms with Crippen LogP contribution in [0.5, 0.6) is 5.75 Å². The Bertz CT molecular complexity index is 1000. The number of halogens is 3. The smallest absolute Gasteiger partial charge is 0.359 e. The first-order chi connectivity index (χ1) is 14.1. The minimum absolute atomic E-state index is 0.104. The average molecular weight is 476 g/mol. The molecule has 1 heterocycles. The largest absolute Gasteiger partial charge is 0.495 e. The molecule has 0 spiro atoms. The predicted molar refractivity (Wildman–Crippen MR) is 113 cm³/mol. The van der Waals surface area contributed by atoms with E-state index in [1.165, 1.54) is 7.11 Å². The molecule has 0 radical (unpaired) electrons. The Kier molecular flexibility index (Phi) is 8.10. The minimum atomic E-state index is -1.03. The number of pyridine rings is 1. The van der Waals surface area contributed by atoms with Gasteiger partial charge in [-0.15, -0.1) is 0 Å². The summed E-state index contributed by atoms with van der Waals surface area (Å²) in [4.78, 5) is 39.7. The summed E-state index contributed by atoms with van der Waals surface area (Å²) in [6.45, 7) is 0.818. The van der Waals surface area contributed by atoms with Crippen molar-refractivity contribution < 1.29 is 23.9 Å². The van der Waals surface area contributed by atoms with Gasteiger partial charge in [0.2, 0.25) is 5.91 Å². The van der Waals surface area contributed by atoms with Gasteiger partial charge in [-0.05, 0) is 24.6 Å². The minimum Gasteiger partial charge on any atom is -0.495 e. The van der Waals surface area contributed by atoms with E-state index >= 15 is 0 Å². The van der Waals surface area contributed by atoms with E-state index in [2.05, 4.69) is 15.6 Å². The van der Waals surface area contributed by atoms with Crippen LogP contribution in [0.3, 0.4) is 0 Å². The SMILES string of the molecule is COc1ccc(C)cc1NC(=O)CNC(=O)COC(=O)c1nc(Cl)c(Cl)c(N)c1Cl. The molecule has 0 atom stereocenters. The quantitative estimate of drug-likeness (QED) is 0.414. The van der Waals surface area contributed by atoms with Crippen LogP contribution in [0, 0.1) is 6.92 Å². The second kappa shape index (κ2) is 10.3. The molecule has 0 aliphatic rings. The Hall–Kier alpha value is -2.75. The highest BCUT2D eigenvalue weighted by molar-refractivity contribution is 6.46. The summed E-state index contributed by atoms with van der Waals surface area (Å²) in [7, 11) is 1.47. The van der Waals surface area contributed by atoms with Crippen LogP contribution in [0.2, 0.25) is 15.2 Å². The van der Waals surface area contributed by atoms with Gasteiger partial charge in [0, 0.05) is 0 Å². The third-order valence-corrected chi connectivity index (χ3v) is 4.81. The standard InChI is InChI=1S/C18H17Cl3N4O5/c1-8-3-4-10(29-2)9(5-8)24-11(26)6-23-12(27)7-30-18(28)16-13(19)15(22)14(20)17(21)25-16/h3-5H,6-7H2,1-2H3,(H2,22,25)(H,23,27)(H,24,26). The number of nitrogen functional groups attached to an aromatic ring is 1. The summed E-state index contributed by atoms with van der Waals surface area (Å²) < 4.78 is 9.98. The molecule has 12 heteroatoms. The lowest BCUT2D eigenvalue weighted by Gasteiger charge is -2.12. The van der Waals surface area contributed by atoms with E-state index in [0.29, 0.717) is 11.4 Å². The van der Waals surface area contributed by atoms with Crippen molar-refractivity contribution in [1.29, 1.82) is 0 Å². The molecule has 0 aliphatic carbocycles. The first-order valence-corrected chi connectivity index (χ1v) is 9.45. The molecule has 0 fully saturated rings. The lowest BCUT2D eigenvalue weighted by Crippen LogP contribution is -2.35. The van der Waals surface area contributed by atoms with Crippen molar-refractivity contribution >= 4 is 64.0 Å². The normalized spacial score (nSPS) is 10.3. The zero-order valence-electron chi connectivity index (χ0n) is 15.8. The number of aryl methyl sites for hydroxylation is 1. The number of nitrogens with zero attached hydrogens (tertiary/aromatic N) is 1. The summed E-state index contributed by atoms with van der Waals surface area (Å²) in [5, 5.41) is 4.34. The maximum atomic E-state index is 12.1. The summed E-state index contributed by atoms with van der Waals surface area (Å²) in [5.41, 5.74) is 6.47. The first kappa shape index (κ1) is 23.5. The zero-order chi connectivity index (χ0) is 22.4. The zero-order valence-corrected chi connectivity index (χ0v) is 18.1. The number of ether oxygens (including phenoxy) is 2. The molecule has 0 bridgehead atoms. The number of carbonyl (C=O) groups excluding carboxylic acids is 3. The molecule has 1 aromatic carbocycles. The monoisotopic (exact) mass is 474 g/mol. The Morgan fingerprint density at radius 2 is 1.83 bits per heavy atom. The number of hydrogen-bond acceptors (Lipinski definition) is 7. The fraction of sp³-hybridized carbons (Fsp3) is 0.222. The Balaban J connectivity index is 1.88. The number of esters is 1. The van der Waals surface area contributed by atoms with Gasteiger partial charge in [-0.3, -0.25) is 9.59 Å². The lowest BCUT2D eigenvalue weighted by molar-refractivity contribution is -0.126. The third-order valence-electron chi connectivity index (χ3n) is 3.67. The number of anilines is 2. The second-order valence-electron chi connectivity index (χ2n) is 5.90. The number of aromatic nitrogens is 1. The number of rotatable bonds is 7. The Labute approximate surface area is 186 Å². The van der Waals surface area contributed by atoms with Crippen LogP contribution in [0.25, 0.3) is 0 Å². The number of amides is 2. The topological polar surface area (TPSA) is 133 Å². The summed E-state index contributed by atoms with van der Waals surface area (Å²) in [5.74, 6) is -1.78. The van der Waals surface area contributed by atoms with Gasteiger partial charge in [0.15, 0.2) is 17.5 Å². The third kappa shape index (κ3) is 5.88. The van der Waals surface area contributed by atoms with Crippen molar-refractivity contribution in [3.8, 4) is 5.75 Å². The van der Waals surface area contributed by atoms with Crippen molar-refractivity contribution in [1.82, 2.24) is 10.3 Å². The van der Waals surface area contributed by atoms with Gasteiger partial charge >= 0.3 is 5.97 Å². The number of nitrogens with one attached hydrogen (secondary N) is 2. The Morgan fingerprint density at radius 1 is 1.13 bits per heavy atom. The van der Waals surface area contributed by atoms with Crippen molar-refractivity contribution in [2.75, 3.05) is 31.3 Å². The fourth-order valence-corrected chi connectivity index (χ4v) is 2.80. The molecular weight excluding hydrogens is 459 g/mol. The highest BCUT2D eigenvalue weighted by atomic mass is 35.5. The number of nitrogens with two attached hydrogens (primary N) is 1. The first-order valence-electron chi connectivity index (χ1n) is 8.32. The molecule has 0 aliphatic heterocycles. The molecule has 0 saturated heterocycles. The number of benzene rings is 1. The van der Waals surface area contributed by atoms with E-state index in [1.807, 2.05) is 13.0 Å². The van der Waals surface area contributed by atoms with Gasteiger partial charge in [0.05, 0.1) is 30.1 Å². The molecule has 0 unspecified atom stereocenters. The van der Waals surface area contributed by atoms with Crippen LogP contribution in [-0.2, 0) is 14.3 Å². The maximum Gasteiger partial charge on any atom is 0.359 e. The van der Waals surface area contributed by atoms with Gasteiger partial charge in [0.1, 0.15) is 10.8 Å². The molecule has 2 aromatic rings. The van der Waals surface area contributed by atoms with Crippen molar-refractivity contribution in [3.05, 3.63) is 44.7 Å². The molecule has 4 N–H and O–H groups in total. The highest BCUT2D eigenvalue weighted by Crippen LogP contribution is 2.34. The second-order valence-corrected chi connectivity index (χ2v) is 7.01. The van der Waals surface area contributed by atoms with Gasteiger partial charge in [-0.25, -0.2) is 9.78 Å². The summed E-state index contributed by atoms with van der Waals surface area (Å²) in [6.07, 6.45) is 0. The fourth-order valence-electron chi connectivity index (χ4n) is 2.21. The van der Waals surface area contributed by atoms with Crippen LogP contribution in [0.1, 0.15) is 16.1 Å². The van der Waals surface area contributed by atoms with Crippen LogP contribution >= 0.6 is 34.8 Å². The molecule has 9 nitrogen and oxygen atoms in total. The molecule has 30 heavy (non-hydrogen) atoms. The van der Waals surface area contributed by atoms with Crippen LogP contribution < -0.4 is 21.1 Å². The summed E-state index contributed by atoms with van der Waals surface area (Å²) in [6, 6.07) is 5.26. The average Bonchev–Trinajstić information content (AvgIpc) is 2.71. The van der Waals surface area contributed by atoms with Crippen LogP contribution in [0.15, 0.2) is 18.2 Å². The molecular formula is C18H17Cl3N4O5. The molecule has 2 amide bonds. The van der Waals surface area contributed by atoms with Crippen molar-refractivity contribution in [2.45, 2.75) is 6.92 Å². The van der Waals surface area contributed by atoms with Crippen molar-refractivity contribution in [2.24, 2.45) is 0 Å². The van der Waals surface area contributed by atoms with Crippen LogP contribution in [0.4, 0.5) is 11.4 Å². The highest BCUT2D eigenvalue weighted by Gasteiger charge is 2.21. The van der Waals surface area contributed by atoms with E-state index in [-0.39, 0.29) is 33.1 Å². The maximum absolute atomic E-state index is 12.1. The number of methoxy groups -OCH3 is 1. The predicted octanol–water partition coefficient (Wildman–Crippen LogP) is 2.85. The van der Waals surface area contributed by atoms with E-state index in [1.54, 1.807) is 12.1 Å². The van der Waals surface area contributed by atoms with E-state index in [4.69, 9.17) is 50.0 Å². The van der Waals surface area contributed by atoms with Gasteiger partial charge in [0.25, 0.3) is 5.91 Å². The Morgan fingerprint density at radius 3 is 2.50 bits per heavy atom.